The summed E-state index contributed by atoms with van der Waals surface area (Å²) < 4.78 is 1.87. The highest BCUT2D eigenvalue weighted by Gasteiger charge is 2.12. The van der Waals surface area contributed by atoms with Crippen LogP contribution in [0.15, 0.2) is 22.4 Å². The lowest BCUT2D eigenvalue weighted by Crippen LogP contribution is -2.40. The van der Waals surface area contributed by atoms with E-state index in [-0.39, 0.29) is 18.0 Å². The third-order valence-corrected chi connectivity index (χ3v) is 4.67. The molecule has 0 unspecified atom stereocenters. The Balaban J connectivity index is 1.86. The van der Waals surface area contributed by atoms with Crippen molar-refractivity contribution in [2.45, 2.75) is 34.2 Å². The predicted octanol–water partition coefficient (Wildman–Crippen LogP) is 2.19. The van der Waals surface area contributed by atoms with Crippen molar-refractivity contribution in [2.75, 3.05) is 26.2 Å². The normalized spacial score (nSPS) is 11.8. The van der Waals surface area contributed by atoms with E-state index in [1.807, 2.05) is 11.4 Å². The predicted molar refractivity (Wildman–Crippen MR) is 103 cm³/mol. The Morgan fingerprint density at radius 1 is 1.28 bits per heavy atom. The second-order valence-electron chi connectivity index (χ2n) is 7.21. The van der Waals surface area contributed by atoms with Crippen molar-refractivity contribution >= 4 is 27.3 Å². The van der Waals surface area contributed by atoms with Gasteiger partial charge in [-0.15, -0.1) is 11.3 Å². The van der Waals surface area contributed by atoms with Crippen LogP contribution in [-0.2, 0) is 11.3 Å². The molecule has 0 saturated heterocycles. The van der Waals surface area contributed by atoms with Crippen LogP contribution in [0.1, 0.15) is 27.7 Å². The highest BCUT2D eigenvalue weighted by Crippen LogP contribution is 2.14. The minimum Gasteiger partial charge on any atom is -0.353 e. The van der Waals surface area contributed by atoms with Crippen LogP contribution in [0.25, 0.3) is 10.1 Å². The van der Waals surface area contributed by atoms with Gasteiger partial charge in [-0.3, -0.25) is 9.59 Å². The summed E-state index contributed by atoms with van der Waals surface area (Å²) in [6, 6.07) is 1.86. The van der Waals surface area contributed by atoms with E-state index in [0.29, 0.717) is 23.1 Å². The molecule has 6 nitrogen and oxygen atoms in total. The summed E-state index contributed by atoms with van der Waals surface area (Å²) >= 11 is 1.38. The molecule has 2 aromatic rings. The molecule has 0 spiro atoms. The molecular formula is C18H28N4O2S. The summed E-state index contributed by atoms with van der Waals surface area (Å²) in [6.07, 6.45) is 1.63. The lowest BCUT2D eigenvalue weighted by atomic mass is 10.1. The second kappa shape index (κ2) is 9.10. The Morgan fingerprint density at radius 2 is 1.96 bits per heavy atom. The Morgan fingerprint density at radius 3 is 2.60 bits per heavy atom. The number of thiophene rings is 1. The number of fused-ring (bicyclic) bond motifs is 1. The molecule has 0 aliphatic rings. The summed E-state index contributed by atoms with van der Waals surface area (Å²) in [5.74, 6) is 1.00. The second-order valence-corrected chi connectivity index (χ2v) is 8.13. The molecule has 0 bridgehead atoms. The smallest absolute Gasteiger partial charge is 0.285 e. The summed E-state index contributed by atoms with van der Waals surface area (Å²) in [4.78, 5) is 26.8. The minimum absolute atomic E-state index is 0.0406. The van der Waals surface area contributed by atoms with Crippen LogP contribution in [0.2, 0.25) is 0 Å². The van der Waals surface area contributed by atoms with Gasteiger partial charge in [-0.05, 0) is 23.3 Å². The molecule has 2 heterocycles. The third kappa shape index (κ3) is 5.93. The number of aromatic nitrogens is 2. The van der Waals surface area contributed by atoms with Gasteiger partial charge in [-0.2, -0.15) is 5.10 Å². The van der Waals surface area contributed by atoms with Crippen LogP contribution in [0.3, 0.4) is 0 Å². The zero-order chi connectivity index (χ0) is 18.4. The number of amides is 1. The fourth-order valence-corrected chi connectivity index (χ4v) is 3.66. The van der Waals surface area contributed by atoms with E-state index in [2.05, 4.69) is 43.0 Å². The van der Waals surface area contributed by atoms with E-state index in [9.17, 15) is 9.59 Å². The largest absolute Gasteiger partial charge is 0.353 e. The molecule has 0 aliphatic heterocycles. The molecule has 0 fully saturated rings. The van der Waals surface area contributed by atoms with Gasteiger partial charge < -0.3 is 10.2 Å². The van der Waals surface area contributed by atoms with Crippen molar-refractivity contribution < 1.29 is 4.79 Å². The van der Waals surface area contributed by atoms with Crippen molar-refractivity contribution in [3.63, 3.8) is 0 Å². The number of carbonyl (C=O) groups is 1. The lowest BCUT2D eigenvalue weighted by Gasteiger charge is -2.26. The Hall–Kier alpha value is -1.73. The quantitative estimate of drug-likeness (QED) is 0.741. The fourth-order valence-electron chi connectivity index (χ4n) is 2.84. The molecule has 1 amide bonds. The molecule has 1 N–H and O–H groups in total. The molecule has 2 rings (SSSR count). The van der Waals surface area contributed by atoms with E-state index in [0.717, 1.165) is 25.0 Å². The molecule has 25 heavy (non-hydrogen) atoms. The molecule has 0 radical (unpaired) electrons. The van der Waals surface area contributed by atoms with Crippen LogP contribution in [0.5, 0.6) is 0 Å². The third-order valence-electron chi connectivity index (χ3n) is 3.75. The number of rotatable bonds is 9. The van der Waals surface area contributed by atoms with Crippen LogP contribution < -0.4 is 10.9 Å². The summed E-state index contributed by atoms with van der Waals surface area (Å²) in [7, 11) is 0. The first-order chi connectivity index (χ1) is 11.9. The average molecular weight is 365 g/mol. The topological polar surface area (TPSA) is 67.2 Å². The van der Waals surface area contributed by atoms with Crippen LogP contribution in [0, 0.1) is 11.8 Å². The molecule has 7 heteroatoms. The van der Waals surface area contributed by atoms with Crippen LogP contribution >= 0.6 is 11.3 Å². The van der Waals surface area contributed by atoms with Crippen molar-refractivity contribution in [3.8, 4) is 0 Å². The van der Waals surface area contributed by atoms with Crippen LogP contribution in [0.4, 0.5) is 0 Å². The zero-order valence-electron chi connectivity index (χ0n) is 15.5. The van der Waals surface area contributed by atoms with Gasteiger partial charge in [0.1, 0.15) is 11.2 Å². The maximum Gasteiger partial charge on any atom is 0.285 e. The molecule has 0 atom stereocenters. The molecule has 0 aliphatic carbocycles. The standard InChI is InChI=1S/C18H28N4O2S/c1-13(2)10-21(11-14(3)4)7-6-19-16(23)12-22-18(24)17-15(9-20-22)5-8-25-17/h5,8-9,13-14H,6-7,10-12H2,1-4H3,(H,19,23). The number of nitrogens with one attached hydrogen (secondary N) is 1. The Kier molecular flexibility index (Phi) is 7.13. The van der Waals surface area contributed by atoms with Gasteiger partial charge >= 0.3 is 0 Å². The Bertz CT molecular complexity index is 741. The summed E-state index contributed by atoms with van der Waals surface area (Å²) in [5.41, 5.74) is -0.205. The monoisotopic (exact) mass is 364 g/mol. The maximum absolute atomic E-state index is 12.3. The summed E-state index contributed by atoms with van der Waals surface area (Å²) in [6.45, 7) is 12.2. The Labute approximate surface area is 152 Å². The molecule has 2 aromatic heterocycles. The highest BCUT2D eigenvalue weighted by molar-refractivity contribution is 7.17. The number of nitrogens with zero attached hydrogens (tertiary/aromatic N) is 3. The van der Waals surface area contributed by atoms with Gasteiger partial charge in [0.05, 0.1) is 6.20 Å². The fraction of sp³-hybridized carbons (Fsp3) is 0.611. The van der Waals surface area contributed by atoms with E-state index in [1.165, 1.54) is 16.0 Å². The first-order valence-corrected chi connectivity index (χ1v) is 9.67. The maximum atomic E-state index is 12.3. The van der Waals surface area contributed by atoms with E-state index < -0.39 is 0 Å². The van der Waals surface area contributed by atoms with Gasteiger partial charge in [0.2, 0.25) is 5.91 Å². The molecule has 138 valence electrons. The SMILES string of the molecule is CC(C)CN(CCNC(=O)Cn1ncc2ccsc2c1=O)CC(C)C. The number of hydrogen-bond donors (Lipinski definition) is 1. The first kappa shape index (κ1) is 19.6. The van der Waals surface area contributed by atoms with Gasteiger partial charge in [0.25, 0.3) is 5.56 Å². The van der Waals surface area contributed by atoms with E-state index in [4.69, 9.17) is 0 Å². The number of carbonyl (C=O) groups excluding carboxylic acids is 1. The van der Waals surface area contributed by atoms with E-state index in [1.54, 1.807) is 6.20 Å². The van der Waals surface area contributed by atoms with Gasteiger partial charge in [-0.25, -0.2) is 4.68 Å². The van der Waals surface area contributed by atoms with Crippen molar-refractivity contribution in [3.05, 3.63) is 28.0 Å². The van der Waals surface area contributed by atoms with Crippen molar-refractivity contribution in [1.29, 1.82) is 0 Å². The first-order valence-electron chi connectivity index (χ1n) is 8.79. The zero-order valence-corrected chi connectivity index (χ0v) is 16.3. The van der Waals surface area contributed by atoms with Crippen molar-refractivity contribution in [1.82, 2.24) is 20.0 Å². The average Bonchev–Trinajstić information content (AvgIpc) is 2.98. The van der Waals surface area contributed by atoms with Gasteiger partial charge in [-0.1, -0.05) is 27.7 Å². The minimum atomic E-state index is -0.205. The van der Waals surface area contributed by atoms with Crippen LogP contribution in [-0.4, -0.2) is 46.8 Å². The molecule has 0 aromatic carbocycles. The lowest BCUT2D eigenvalue weighted by molar-refractivity contribution is -0.121. The summed E-state index contributed by atoms with van der Waals surface area (Å²) in [5, 5.41) is 9.66. The molecule has 0 saturated carbocycles. The van der Waals surface area contributed by atoms with Crippen molar-refractivity contribution in [2.24, 2.45) is 11.8 Å². The molecular weight excluding hydrogens is 336 g/mol. The van der Waals surface area contributed by atoms with Gasteiger partial charge in [0, 0.05) is 31.6 Å². The van der Waals surface area contributed by atoms with Gasteiger partial charge in [0.15, 0.2) is 0 Å². The highest BCUT2D eigenvalue weighted by atomic mass is 32.1. The number of hydrogen-bond acceptors (Lipinski definition) is 5. The van der Waals surface area contributed by atoms with E-state index >= 15 is 0 Å².